The summed E-state index contributed by atoms with van der Waals surface area (Å²) in [6.07, 6.45) is 1.14. The molecule has 0 saturated carbocycles. The minimum absolute atomic E-state index is 0.192. The Hall–Kier alpha value is -2.32. The number of aliphatic hydroxyl groups excluding tert-OH is 1. The third-order valence-electron chi connectivity index (χ3n) is 4.54. The average molecular weight is 392 g/mol. The summed E-state index contributed by atoms with van der Waals surface area (Å²) in [5.74, 6) is 1.14. The van der Waals surface area contributed by atoms with E-state index in [4.69, 9.17) is 10.5 Å². The number of aliphatic hydroxyl groups is 1. The molecule has 1 aromatic rings. The zero-order valence-electron chi connectivity index (χ0n) is 16.9. The Balaban J connectivity index is 1.77. The monoisotopic (exact) mass is 391 g/mol. The maximum absolute atomic E-state index is 11.0. The van der Waals surface area contributed by atoms with Gasteiger partial charge in [-0.2, -0.15) is 0 Å². The van der Waals surface area contributed by atoms with E-state index < -0.39 is 6.10 Å². The molecule has 0 bridgehead atoms. The minimum Gasteiger partial charge on any atom is -0.491 e. The minimum atomic E-state index is -0.687. The molecule has 1 atom stereocenters. The van der Waals surface area contributed by atoms with E-state index in [1.165, 1.54) is 0 Å². The van der Waals surface area contributed by atoms with Gasteiger partial charge in [0, 0.05) is 25.7 Å². The van der Waals surface area contributed by atoms with Gasteiger partial charge in [0.15, 0.2) is 5.96 Å². The second-order valence-electron chi connectivity index (χ2n) is 7.16. The summed E-state index contributed by atoms with van der Waals surface area (Å²) in [4.78, 5) is 17.6. The fourth-order valence-electron chi connectivity index (χ4n) is 3.12. The van der Waals surface area contributed by atoms with Crippen LogP contribution in [0.1, 0.15) is 25.3 Å². The molecule has 0 aromatic heterocycles. The molecule has 28 heavy (non-hydrogen) atoms. The summed E-state index contributed by atoms with van der Waals surface area (Å²) in [5, 5.41) is 16.8. The smallest absolute Gasteiger partial charge is 0.231 e. The largest absolute Gasteiger partial charge is 0.491 e. The number of nitrogens with zero attached hydrogens (tertiary/aromatic N) is 2. The number of amides is 1. The normalized spacial score (nSPS) is 17.2. The first-order chi connectivity index (χ1) is 13.5. The number of guanidine groups is 1. The fourth-order valence-corrected chi connectivity index (χ4v) is 3.12. The van der Waals surface area contributed by atoms with Gasteiger partial charge in [-0.05, 0) is 44.4 Å². The van der Waals surface area contributed by atoms with E-state index in [1.54, 1.807) is 0 Å². The maximum atomic E-state index is 11.0. The highest BCUT2D eigenvalue weighted by molar-refractivity contribution is 5.80. The van der Waals surface area contributed by atoms with Crippen LogP contribution >= 0.6 is 0 Å². The van der Waals surface area contributed by atoms with Crippen molar-refractivity contribution in [3.63, 3.8) is 0 Å². The van der Waals surface area contributed by atoms with Crippen LogP contribution in [0.5, 0.6) is 5.75 Å². The number of carbonyl (C=O) groups excluding carboxylic acids is 1. The van der Waals surface area contributed by atoms with Gasteiger partial charge in [0.1, 0.15) is 18.5 Å². The molecule has 0 spiro atoms. The number of hydrogen-bond acceptors (Lipinski definition) is 5. The summed E-state index contributed by atoms with van der Waals surface area (Å²) in [6, 6.07) is 8.02. The first-order valence-corrected chi connectivity index (χ1v) is 9.89. The lowest BCUT2D eigenvalue weighted by molar-refractivity contribution is -0.119. The van der Waals surface area contributed by atoms with Crippen LogP contribution in [-0.2, 0) is 4.79 Å². The number of likely N-dealkylation sites (tertiary alicyclic amines) is 1. The van der Waals surface area contributed by atoms with Crippen LogP contribution < -0.4 is 21.1 Å². The summed E-state index contributed by atoms with van der Waals surface area (Å²) in [7, 11) is 0. The Morgan fingerprint density at radius 3 is 2.82 bits per heavy atom. The standard InChI is InChI=1S/C20H33N5O3/c1-3-22-20(24-16-7-9-25(10-8-16)13-19(21)27)23-12-17(26)14-28-18-6-4-5-15(2)11-18/h4-6,11,16-17,26H,3,7-10,12-14H2,1-2H3,(H2,21,27)(H2,22,23,24). The zero-order chi connectivity index (χ0) is 20.4. The van der Waals surface area contributed by atoms with Crippen LogP contribution in [0, 0.1) is 6.92 Å². The van der Waals surface area contributed by atoms with Crippen LogP contribution in [-0.4, -0.2) is 73.3 Å². The van der Waals surface area contributed by atoms with E-state index in [1.807, 2.05) is 38.1 Å². The van der Waals surface area contributed by atoms with Gasteiger partial charge >= 0.3 is 0 Å². The molecule has 8 nitrogen and oxygen atoms in total. The molecular weight excluding hydrogens is 358 g/mol. The highest BCUT2D eigenvalue weighted by Gasteiger charge is 2.20. The van der Waals surface area contributed by atoms with Crippen molar-refractivity contribution in [3.05, 3.63) is 29.8 Å². The maximum Gasteiger partial charge on any atom is 0.231 e. The molecule has 1 aromatic carbocycles. The molecule has 5 N–H and O–H groups in total. The molecule has 1 aliphatic rings. The molecule has 1 saturated heterocycles. The number of aryl methyl sites for hydroxylation is 1. The molecule has 2 rings (SSSR count). The van der Waals surface area contributed by atoms with Crippen LogP contribution in [0.2, 0.25) is 0 Å². The van der Waals surface area contributed by atoms with Gasteiger partial charge in [0.25, 0.3) is 0 Å². The number of aliphatic imine (C=N–C) groups is 1. The van der Waals surface area contributed by atoms with Crippen molar-refractivity contribution in [3.8, 4) is 5.75 Å². The van der Waals surface area contributed by atoms with E-state index >= 15 is 0 Å². The van der Waals surface area contributed by atoms with Gasteiger partial charge in [-0.25, -0.2) is 0 Å². The van der Waals surface area contributed by atoms with Crippen molar-refractivity contribution < 1.29 is 14.6 Å². The topological polar surface area (TPSA) is 112 Å². The Labute approximate surface area is 167 Å². The summed E-state index contributed by atoms with van der Waals surface area (Å²) < 4.78 is 5.63. The van der Waals surface area contributed by atoms with Crippen LogP contribution in [0.25, 0.3) is 0 Å². The quantitative estimate of drug-likeness (QED) is 0.354. The number of nitrogens with one attached hydrogen (secondary N) is 2. The average Bonchev–Trinajstić information content (AvgIpc) is 2.66. The highest BCUT2D eigenvalue weighted by Crippen LogP contribution is 2.12. The Kier molecular flexibility index (Phi) is 9.03. The zero-order valence-corrected chi connectivity index (χ0v) is 16.9. The predicted molar refractivity (Wildman–Crippen MR) is 110 cm³/mol. The number of rotatable bonds is 9. The molecule has 1 fully saturated rings. The van der Waals surface area contributed by atoms with Gasteiger partial charge in [-0.1, -0.05) is 12.1 Å². The van der Waals surface area contributed by atoms with Crippen molar-refractivity contribution in [1.29, 1.82) is 0 Å². The second-order valence-corrected chi connectivity index (χ2v) is 7.16. The SMILES string of the molecule is CCNC(=NCC(O)COc1cccc(C)c1)NC1CCN(CC(N)=O)CC1. The first-order valence-electron chi connectivity index (χ1n) is 9.89. The number of benzene rings is 1. The number of primary amides is 1. The van der Waals surface area contributed by atoms with E-state index in [-0.39, 0.29) is 25.1 Å². The Bertz CT molecular complexity index is 644. The summed E-state index contributed by atoms with van der Waals surface area (Å²) in [5.41, 5.74) is 6.37. The molecule has 8 heteroatoms. The second kappa shape index (κ2) is 11.5. The fraction of sp³-hybridized carbons (Fsp3) is 0.600. The van der Waals surface area contributed by atoms with Crippen LogP contribution in [0.15, 0.2) is 29.3 Å². The van der Waals surface area contributed by atoms with Gasteiger partial charge < -0.3 is 26.2 Å². The Morgan fingerprint density at radius 1 is 1.43 bits per heavy atom. The molecule has 156 valence electrons. The van der Waals surface area contributed by atoms with Gasteiger partial charge in [0.05, 0.1) is 13.1 Å². The molecule has 1 amide bonds. The van der Waals surface area contributed by atoms with Crippen molar-refractivity contribution in [2.75, 3.05) is 39.3 Å². The van der Waals surface area contributed by atoms with Crippen LogP contribution in [0.4, 0.5) is 0 Å². The molecule has 0 radical (unpaired) electrons. The molecule has 1 unspecified atom stereocenters. The lowest BCUT2D eigenvalue weighted by Gasteiger charge is -2.32. The molecular formula is C20H33N5O3. The summed E-state index contributed by atoms with van der Waals surface area (Å²) in [6.45, 7) is 7.15. The van der Waals surface area contributed by atoms with Crippen molar-refractivity contribution in [2.24, 2.45) is 10.7 Å². The lowest BCUT2D eigenvalue weighted by atomic mass is 10.1. The van der Waals surface area contributed by atoms with E-state index in [9.17, 15) is 9.90 Å². The van der Waals surface area contributed by atoms with Gasteiger partial charge in [-0.3, -0.25) is 14.7 Å². The molecule has 1 aliphatic heterocycles. The number of nitrogens with two attached hydrogens (primary N) is 1. The van der Waals surface area contributed by atoms with E-state index in [0.29, 0.717) is 12.5 Å². The van der Waals surface area contributed by atoms with E-state index in [0.717, 1.165) is 43.8 Å². The number of carbonyl (C=O) groups is 1. The van der Waals surface area contributed by atoms with Crippen molar-refractivity contribution in [1.82, 2.24) is 15.5 Å². The van der Waals surface area contributed by atoms with Crippen molar-refractivity contribution >= 4 is 11.9 Å². The molecule has 1 heterocycles. The number of hydrogen-bond donors (Lipinski definition) is 4. The Morgan fingerprint density at radius 2 is 2.18 bits per heavy atom. The van der Waals surface area contributed by atoms with Gasteiger partial charge in [0.2, 0.25) is 5.91 Å². The first kappa shape index (κ1) is 22.0. The van der Waals surface area contributed by atoms with Gasteiger partial charge in [-0.15, -0.1) is 0 Å². The number of ether oxygens (including phenoxy) is 1. The summed E-state index contributed by atoms with van der Waals surface area (Å²) >= 11 is 0. The third kappa shape index (κ3) is 8.14. The highest BCUT2D eigenvalue weighted by atomic mass is 16.5. The van der Waals surface area contributed by atoms with Crippen molar-refractivity contribution in [2.45, 2.75) is 38.8 Å². The lowest BCUT2D eigenvalue weighted by Crippen LogP contribution is -2.50. The molecule has 0 aliphatic carbocycles. The number of piperidine rings is 1. The van der Waals surface area contributed by atoms with Crippen LogP contribution in [0.3, 0.4) is 0 Å². The predicted octanol–water partition coefficient (Wildman–Crippen LogP) is 0.240. The third-order valence-corrected chi connectivity index (χ3v) is 4.54. The van der Waals surface area contributed by atoms with E-state index in [2.05, 4.69) is 20.5 Å².